The van der Waals surface area contributed by atoms with Crippen LogP contribution in [0.1, 0.15) is 20.3 Å². The highest BCUT2D eigenvalue weighted by atomic mass is 35.5. The number of allylic oxidation sites excluding steroid dienone is 1. The Bertz CT molecular complexity index is 855. The highest BCUT2D eigenvalue weighted by molar-refractivity contribution is 6.18. The third-order valence-corrected chi connectivity index (χ3v) is 6.68. The maximum absolute atomic E-state index is 14.7. The number of halogens is 4. The van der Waals surface area contributed by atoms with E-state index in [-0.39, 0.29) is 38.5 Å². The predicted octanol–water partition coefficient (Wildman–Crippen LogP) is 2.47. The van der Waals surface area contributed by atoms with Gasteiger partial charge in [0.05, 0.1) is 5.54 Å². The van der Waals surface area contributed by atoms with E-state index < -0.39 is 40.8 Å². The van der Waals surface area contributed by atoms with Gasteiger partial charge in [0.1, 0.15) is 12.0 Å². The van der Waals surface area contributed by atoms with E-state index in [1.165, 1.54) is 25.0 Å². The summed E-state index contributed by atoms with van der Waals surface area (Å²) in [5.74, 6) is -2.21. The summed E-state index contributed by atoms with van der Waals surface area (Å²) in [6, 6.07) is 0.406. The fourth-order valence-electron chi connectivity index (χ4n) is 5.03. The van der Waals surface area contributed by atoms with Crippen LogP contribution in [0.3, 0.4) is 0 Å². The van der Waals surface area contributed by atoms with Crippen molar-refractivity contribution in [2.24, 2.45) is 16.3 Å². The molecule has 3 rings (SSSR count). The Labute approximate surface area is 183 Å². The number of hydrogen-bond acceptors (Lipinski definition) is 4. The highest BCUT2D eigenvalue weighted by Crippen LogP contribution is 2.58. The minimum absolute atomic E-state index is 0.0178. The number of aliphatic imine (C=N–C) groups is 1. The van der Waals surface area contributed by atoms with Gasteiger partial charge in [0.25, 0.3) is 0 Å². The molecule has 31 heavy (non-hydrogen) atoms. The molecule has 12 heteroatoms. The number of carbonyl (C=O) groups excluding carboxylic acids is 2. The maximum atomic E-state index is 14.7. The molecule has 3 aliphatic rings. The minimum atomic E-state index is -4.89. The van der Waals surface area contributed by atoms with Gasteiger partial charge in [-0.25, -0.2) is 9.59 Å². The monoisotopic (exact) mass is 460 g/mol. The Morgan fingerprint density at radius 3 is 2.26 bits per heavy atom. The Balaban J connectivity index is 2.27. The van der Waals surface area contributed by atoms with Crippen molar-refractivity contribution in [1.82, 2.24) is 20.4 Å². The van der Waals surface area contributed by atoms with Crippen LogP contribution in [0, 0.1) is 22.7 Å². The Morgan fingerprint density at radius 2 is 1.81 bits per heavy atom. The van der Waals surface area contributed by atoms with E-state index in [9.17, 15) is 28.0 Å². The van der Waals surface area contributed by atoms with Crippen molar-refractivity contribution in [3.63, 3.8) is 0 Å². The summed E-state index contributed by atoms with van der Waals surface area (Å²) in [7, 11) is 0. The van der Waals surface area contributed by atoms with Gasteiger partial charge >= 0.3 is 18.2 Å². The zero-order valence-corrected chi connectivity index (χ0v) is 17.9. The van der Waals surface area contributed by atoms with Crippen LogP contribution in [0.4, 0.5) is 22.8 Å². The van der Waals surface area contributed by atoms with E-state index in [0.717, 1.165) is 4.90 Å². The molecule has 3 aliphatic heterocycles. The van der Waals surface area contributed by atoms with Gasteiger partial charge < -0.3 is 15.5 Å². The van der Waals surface area contributed by atoms with E-state index >= 15 is 0 Å². The van der Waals surface area contributed by atoms with Gasteiger partial charge in [-0.05, 0) is 6.42 Å². The Hall–Kier alpha value is -2.48. The smallest absolute Gasteiger partial charge is 0.336 e. The lowest BCUT2D eigenvalue weighted by Gasteiger charge is -2.59. The standard InChI is InChI=1S/C19H24ClF3N6O2/c1-16(2)13(19(21,22)23)18(11-24,29-10-8-26-15(29)31)27-12-17(16,5-3-4-6-20)28-9-7-25-14(28)30/h3-4,12-13H,5-10H2,1-2H3,(H,25,30)(H,26,31)/b4-3-. The number of carbonyl (C=O) groups is 2. The molecule has 3 atom stereocenters. The summed E-state index contributed by atoms with van der Waals surface area (Å²) in [5.41, 5.74) is -5.71. The number of hydrogen-bond donors (Lipinski definition) is 2. The minimum Gasteiger partial charge on any atom is -0.336 e. The third-order valence-electron chi connectivity index (χ3n) is 6.50. The van der Waals surface area contributed by atoms with Gasteiger partial charge in [0.2, 0.25) is 5.66 Å². The third kappa shape index (κ3) is 3.41. The van der Waals surface area contributed by atoms with Gasteiger partial charge in [-0.3, -0.25) is 9.89 Å². The van der Waals surface area contributed by atoms with Crippen LogP contribution < -0.4 is 10.6 Å². The van der Waals surface area contributed by atoms with Crippen LogP contribution in [0.2, 0.25) is 0 Å². The molecule has 3 heterocycles. The molecule has 0 saturated carbocycles. The molecule has 0 bridgehead atoms. The van der Waals surface area contributed by atoms with Crippen LogP contribution in [0.5, 0.6) is 0 Å². The van der Waals surface area contributed by atoms with Crippen LogP contribution in [0.25, 0.3) is 0 Å². The normalized spacial score (nSPS) is 33.0. The van der Waals surface area contributed by atoms with Crippen molar-refractivity contribution >= 4 is 29.9 Å². The summed E-state index contributed by atoms with van der Waals surface area (Å²) in [6.07, 6.45) is -0.416. The zero-order valence-electron chi connectivity index (χ0n) is 17.2. The average molecular weight is 461 g/mol. The Morgan fingerprint density at radius 1 is 1.23 bits per heavy atom. The van der Waals surface area contributed by atoms with Crippen molar-refractivity contribution in [3.8, 4) is 6.07 Å². The lowest BCUT2D eigenvalue weighted by molar-refractivity contribution is -0.244. The second kappa shape index (κ2) is 7.89. The van der Waals surface area contributed by atoms with Gasteiger partial charge in [0, 0.05) is 43.7 Å². The molecular weight excluding hydrogens is 437 g/mol. The fraction of sp³-hybridized carbons (Fsp3) is 0.684. The van der Waals surface area contributed by atoms with Crippen LogP contribution >= 0.6 is 11.6 Å². The first kappa shape index (κ1) is 23.2. The molecule has 4 amide bonds. The van der Waals surface area contributed by atoms with Crippen molar-refractivity contribution in [1.29, 1.82) is 5.26 Å². The molecule has 0 aromatic carbocycles. The van der Waals surface area contributed by atoms with Crippen LogP contribution in [0.15, 0.2) is 17.1 Å². The molecule has 3 unspecified atom stereocenters. The van der Waals surface area contributed by atoms with Gasteiger partial charge in [0.15, 0.2) is 0 Å². The van der Waals surface area contributed by atoms with Gasteiger partial charge in [-0.1, -0.05) is 26.0 Å². The number of nitrogens with zero attached hydrogens (tertiary/aromatic N) is 4. The van der Waals surface area contributed by atoms with E-state index in [2.05, 4.69) is 15.6 Å². The first-order valence-corrected chi connectivity index (χ1v) is 10.4. The molecule has 8 nitrogen and oxygen atoms in total. The molecule has 0 aromatic heterocycles. The molecule has 170 valence electrons. The summed E-state index contributed by atoms with van der Waals surface area (Å²) in [6.45, 7) is 3.22. The lowest BCUT2D eigenvalue weighted by atomic mass is 9.56. The lowest BCUT2D eigenvalue weighted by Crippen LogP contribution is -2.73. The number of alkyl halides is 4. The molecule has 0 spiro atoms. The largest absolute Gasteiger partial charge is 0.397 e. The van der Waals surface area contributed by atoms with Crippen LogP contribution in [-0.2, 0) is 0 Å². The molecular formula is C19H24ClF3N6O2. The fourth-order valence-corrected chi connectivity index (χ4v) is 5.16. The van der Waals surface area contributed by atoms with E-state index in [1.807, 2.05) is 0 Å². The summed E-state index contributed by atoms with van der Waals surface area (Å²) < 4.78 is 44.0. The first-order chi connectivity index (χ1) is 14.5. The number of amides is 4. The van der Waals surface area contributed by atoms with Crippen molar-refractivity contribution in [2.45, 2.75) is 37.6 Å². The second-order valence-corrected chi connectivity index (χ2v) is 8.62. The van der Waals surface area contributed by atoms with E-state index in [1.54, 1.807) is 18.2 Å². The molecule has 2 N–H and O–H groups in total. The molecule has 0 aliphatic carbocycles. The van der Waals surface area contributed by atoms with E-state index in [0.29, 0.717) is 0 Å². The summed E-state index contributed by atoms with van der Waals surface area (Å²) in [5, 5.41) is 15.0. The average Bonchev–Trinajstić information content (AvgIpc) is 3.30. The number of nitriles is 1. The molecule has 2 fully saturated rings. The van der Waals surface area contributed by atoms with Crippen LogP contribution in [-0.4, -0.2) is 77.5 Å². The number of urea groups is 2. The van der Waals surface area contributed by atoms with Gasteiger partial charge in [-0.15, -0.1) is 11.6 Å². The summed E-state index contributed by atoms with van der Waals surface area (Å²) in [4.78, 5) is 31.2. The van der Waals surface area contributed by atoms with Crippen molar-refractivity contribution in [3.05, 3.63) is 12.2 Å². The summed E-state index contributed by atoms with van der Waals surface area (Å²) >= 11 is 5.71. The quantitative estimate of drug-likeness (QED) is 0.487. The number of rotatable bonds is 5. The second-order valence-electron chi connectivity index (χ2n) is 8.31. The molecule has 0 radical (unpaired) electrons. The predicted molar refractivity (Wildman–Crippen MR) is 108 cm³/mol. The van der Waals surface area contributed by atoms with Gasteiger partial charge in [-0.2, -0.15) is 18.4 Å². The van der Waals surface area contributed by atoms with Crippen molar-refractivity contribution in [2.75, 3.05) is 32.1 Å². The molecule has 0 aromatic rings. The number of nitrogens with one attached hydrogen (secondary N) is 2. The Kier molecular flexibility index (Phi) is 5.90. The van der Waals surface area contributed by atoms with E-state index in [4.69, 9.17) is 11.6 Å². The van der Waals surface area contributed by atoms with Crippen molar-refractivity contribution < 1.29 is 22.8 Å². The maximum Gasteiger partial charge on any atom is 0.397 e. The topological polar surface area (TPSA) is 101 Å². The SMILES string of the molecule is CC1(C)C(C(F)(F)F)C(C#N)(N2CCNC2=O)N=CC1(C/C=C\CCl)N1CCNC1=O. The highest BCUT2D eigenvalue weighted by Gasteiger charge is 2.72. The first-order valence-electron chi connectivity index (χ1n) is 9.84. The molecule has 2 saturated heterocycles. The zero-order chi connectivity index (χ0) is 23.1.